The van der Waals surface area contributed by atoms with E-state index in [0.29, 0.717) is 17.0 Å². The zero-order valence-corrected chi connectivity index (χ0v) is 16.7. The fourth-order valence-electron chi connectivity index (χ4n) is 3.13. The van der Waals surface area contributed by atoms with Gasteiger partial charge in [-0.1, -0.05) is 86.0 Å². The van der Waals surface area contributed by atoms with Crippen LogP contribution >= 0.6 is 11.8 Å². The molecule has 27 heavy (non-hydrogen) atoms. The lowest BCUT2D eigenvalue weighted by Crippen LogP contribution is -2.32. The van der Waals surface area contributed by atoms with Gasteiger partial charge < -0.3 is 0 Å². The maximum atomic E-state index is 13.1. The molecule has 0 N–H and O–H groups in total. The summed E-state index contributed by atoms with van der Waals surface area (Å²) >= 11 is 1.39. The van der Waals surface area contributed by atoms with Gasteiger partial charge in [-0.2, -0.15) is 0 Å². The van der Waals surface area contributed by atoms with Gasteiger partial charge in [-0.25, -0.2) is 0 Å². The molecule has 3 rings (SSSR count). The topological polar surface area (TPSA) is 37.4 Å². The average molecular weight is 380 g/mol. The van der Waals surface area contributed by atoms with Crippen LogP contribution in [0.15, 0.2) is 64.4 Å². The van der Waals surface area contributed by atoms with Crippen LogP contribution in [0.2, 0.25) is 0 Å². The Morgan fingerprint density at radius 2 is 1.56 bits per heavy atom. The summed E-state index contributed by atoms with van der Waals surface area (Å²) in [5, 5.41) is 0. The second-order valence-corrected chi connectivity index (χ2v) is 7.89. The van der Waals surface area contributed by atoms with Gasteiger partial charge in [-0.05, 0) is 31.0 Å². The fraction of sp³-hybridized carbons (Fsp3) is 0.304. The molecule has 3 nitrogen and oxygen atoms in total. The van der Waals surface area contributed by atoms with Gasteiger partial charge in [0, 0.05) is 11.4 Å². The van der Waals surface area contributed by atoms with Crippen molar-refractivity contribution in [3.63, 3.8) is 0 Å². The van der Waals surface area contributed by atoms with E-state index in [4.69, 9.17) is 0 Å². The molecule has 0 aliphatic carbocycles. The Balaban J connectivity index is 1.92. The number of carbonyl (C=O) groups is 2. The number of imide groups is 1. The molecule has 0 fully saturated rings. The molecule has 2 amide bonds. The summed E-state index contributed by atoms with van der Waals surface area (Å²) in [7, 11) is 0. The number of thioether (sulfide) groups is 1. The van der Waals surface area contributed by atoms with Crippen LogP contribution in [0.4, 0.5) is 0 Å². The molecule has 0 aromatic heterocycles. The van der Waals surface area contributed by atoms with Crippen molar-refractivity contribution in [2.75, 3.05) is 6.54 Å². The molecule has 0 unspecified atom stereocenters. The number of amides is 2. The van der Waals surface area contributed by atoms with Gasteiger partial charge in [0.05, 0.1) is 10.5 Å². The summed E-state index contributed by atoms with van der Waals surface area (Å²) < 4.78 is 0. The molecule has 1 aliphatic heterocycles. The second-order valence-electron chi connectivity index (χ2n) is 6.81. The van der Waals surface area contributed by atoms with Crippen molar-refractivity contribution >= 4 is 29.1 Å². The number of benzene rings is 2. The Labute approximate surface area is 165 Å². The highest BCUT2D eigenvalue weighted by atomic mass is 32.2. The molecule has 0 spiro atoms. The first-order chi connectivity index (χ1) is 13.1. The van der Waals surface area contributed by atoms with E-state index in [0.717, 1.165) is 41.7 Å². The first-order valence-corrected chi connectivity index (χ1v) is 10.3. The lowest BCUT2D eigenvalue weighted by atomic mass is 10.0. The molecule has 0 radical (unpaired) electrons. The smallest absolute Gasteiger partial charge is 0.268 e. The van der Waals surface area contributed by atoms with E-state index in [-0.39, 0.29) is 11.8 Å². The molecule has 0 bridgehead atoms. The molecule has 0 saturated heterocycles. The number of carbonyl (C=O) groups excluding carboxylic acids is 2. The highest BCUT2D eigenvalue weighted by Gasteiger charge is 2.38. The van der Waals surface area contributed by atoms with Crippen molar-refractivity contribution in [2.45, 2.75) is 44.4 Å². The zero-order chi connectivity index (χ0) is 19.2. The monoisotopic (exact) mass is 379 g/mol. The number of unbranched alkanes of at least 4 members (excludes halogenated alkanes) is 3. The SMILES string of the molecule is CCCCCCN1C(=O)C(Sc2ccccc2)=C(c2ccc(C)cc2)C1=O. The predicted molar refractivity (Wildman–Crippen MR) is 111 cm³/mol. The quantitative estimate of drug-likeness (QED) is 0.452. The largest absolute Gasteiger partial charge is 0.274 e. The molecule has 4 heteroatoms. The number of aryl methyl sites for hydroxylation is 1. The van der Waals surface area contributed by atoms with Crippen molar-refractivity contribution in [3.05, 3.63) is 70.6 Å². The number of hydrogen-bond donors (Lipinski definition) is 0. The first kappa shape index (κ1) is 19.4. The summed E-state index contributed by atoms with van der Waals surface area (Å²) in [5.41, 5.74) is 2.47. The molecule has 1 heterocycles. The van der Waals surface area contributed by atoms with Crippen LogP contribution in [0.25, 0.3) is 5.57 Å². The van der Waals surface area contributed by atoms with Gasteiger partial charge >= 0.3 is 0 Å². The summed E-state index contributed by atoms with van der Waals surface area (Å²) in [6.45, 7) is 4.66. The second kappa shape index (κ2) is 9.05. The van der Waals surface area contributed by atoms with Gasteiger partial charge in [0.2, 0.25) is 0 Å². The van der Waals surface area contributed by atoms with Crippen LogP contribution in [-0.4, -0.2) is 23.3 Å². The maximum Gasteiger partial charge on any atom is 0.268 e. The normalized spacial score (nSPS) is 14.4. The van der Waals surface area contributed by atoms with Gasteiger partial charge in [0.1, 0.15) is 0 Å². The van der Waals surface area contributed by atoms with Crippen LogP contribution in [0.3, 0.4) is 0 Å². The predicted octanol–water partition coefficient (Wildman–Crippen LogP) is 5.45. The van der Waals surface area contributed by atoms with Gasteiger partial charge in [0.15, 0.2) is 0 Å². The van der Waals surface area contributed by atoms with Crippen LogP contribution in [-0.2, 0) is 9.59 Å². The summed E-state index contributed by atoms with van der Waals surface area (Å²) in [5.74, 6) is -0.334. The zero-order valence-electron chi connectivity index (χ0n) is 15.9. The highest BCUT2D eigenvalue weighted by molar-refractivity contribution is 8.04. The third-order valence-corrected chi connectivity index (χ3v) is 5.75. The van der Waals surface area contributed by atoms with E-state index >= 15 is 0 Å². The molecule has 2 aromatic rings. The minimum atomic E-state index is -0.168. The molecule has 2 aromatic carbocycles. The summed E-state index contributed by atoms with van der Waals surface area (Å²) in [6.07, 6.45) is 4.15. The highest BCUT2D eigenvalue weighted by Crippen LogP contribution is 2.39. The molecule has 0 atom stereocenters. The molecule has 140 valence electrons. The van der Waals surface area contributed by atoms with Crippen molar-refractivity contribution in [1.82, 2.24) is 4.90 Å². The maximum absolute atomic E-state index is 13.1. The van der Waals surface area contributed by atoms with E-state index < -0.39 is 0 Å². The summed E-state index contributed by atoms with van der Waals surface area (Å²) in [6, 6.07) is 17.6. The molecule has 0 saturated carbocycles. The van der Waals surface area contributed by atoms with Crippen molar-refractivity contribution in [1.29, 1.82) is 0 Å². The third-order valence-electron chi connectivity index (χ3n) is 4.66. The van der Waals surface area contributed by atoms with E-state index in [1.165, 1.54) is 16.7 Å². The molecular formula is C23H25NO2S. The van der Waals surface area contributed by atoms with Gasteiger partial charge in [-0.3, -0.25) is 14.5 Å². The van der Waals surface area contributed by atoms with E-state index in [1.54, 1.807) is 0 Å². The number of hydrogen-bond acceptors (Lipinski definition) is 3. The molecule has 1 aliphatic rings. The van der Waals surface area contributed by atoms with Crippen molar-refractivity contribution in [2.24, 2.45) is 0 Å². The fourth-order valence-corrected chi connectivity index (χ4v) is 4.16. The van der Waals surface area contributed by atoms with E-state index in [2.05, 4.69) is 6.92 Å². The lowest BCUT2D eigenvalue weighted by molar-refractivity contribution is -0.136. The van der Waals surface area contributed by atoms with Crippen LogP contribution in [0.5, 0.6) is 0 Å². The van der Waals surface area contributed by atoms with Crippen LogP contribution in [0.1, 0.15) is 43.7 Å². The van der Waals surface area contributed by atoms with Crippen LogP contribution in [0, 0.1) is 6.92 Å². The molecular weight excluding hydrogens is 354 g/mol. The Bertz CT molecular complexity index is 840. The average Bonchev–Trinajstić information content (AvgIpc) is 2.91. The number of nitrogens with zero attached hydrogens (tertiary/aromatic N) is 1. The summed E-state index contributed by atoms with van der Waals surface area (Å²) in [4.78, 5) is 29.1. The van der Waals surface area contributed by atoms with Gasteiger partial charge in [0.25, 0.3) is 11.8 Å². The van der Waals surface area contributed by atoms with E-state index in [1.807, 2.05) is 61.5 Å². The van der Waals surface area contributed by atoms with Gasteiger partial charge in [-0.15, -0.1) is 0 Å². The van der Waals surface area contributed by atoms with Crippen molar-refractivity contribution in [3.8, 4) is 0 Å². The first-order valence-electron chi connectivity index (χ1n) is 9.52. The Morgan fingerprint density at radius 1 is 0.852 bits per heavy atom. The lowest BCUT2D eigenvalue weighted by Gasteiger charge is -2.14. The van der Waals surface area contributed by atoms with Crippen molar-refractivity contribution < 1.29 is 9.59 Å². The number of rotatable bonds is 8. The van der Waals surface area contributed by atoms with Crippen LogP contribution < -0.4 is 0 Å². The minimum absolute atomic E-state index is 0.166. The standard InChI is InChI=1S/C23H25NO2S/c1-3-4-5-9-16-24-22(25)20(18-14-12-17(2)13-15-18)21(23(24)26)27-19-10-7-6-8-11-19/h6-8,10-15H,3-5,9,16H2,1-2H3. The third kappa shape index (κ3) is 4.51. The Hall–Kier alpha value is -2.33. The Morgan fingerprint density at radius 3 is 2.22 bits per heavy atom. The minimum Gasteiger partial charge on any atom is -0.274 e. The Kier molecular flexibility index (Phi) is 6.51. The van der Waals surface area contributed by atoms with E-state index in [9.17, 15) is 9.59 Å².